The number of ether oxygens (including phenoxy) is 2. The van der Waals surface area contributed by atoms with Gasteiger partial charge in [-0.3, -0.25) is 4.79 Å². The summed E-state index contributed by atoms with van der Waals surface area (Å²) >= 11 is 1.44. The van der Waals surface area contributed by atoms with E-state index in [1.807, 2.05) is 0 Å². The number of carboxylic acid groups (broad SMARTS) is 1. The summed E-state index contributed by atoms with van der Waals surface area (Å²) < 4.78 is 10.6. The first-order chi connectivity index (χ1) is 6.70. The lowest BCUT2D eigenvalue weighted by molar-refractivity contribution is -0.164. The van der Waals surface area contributed by atoms with E-state index in [-0.39, 0.29) is 6.29 Å². The fourth-order valence-electron chi connectivity index (χ4n) is 0.995. The molecule has 14 heavy (non-hydrogen) atoms. The third-order valence-corrected chi connectivity index (χ3v) is 2.87. The second-order valence-electron chi connectivity index (χ2n) is 3.01. The second-order valence-corrected chi connectivity index (χ2v) is 4.08. The number of carbonyl (C=O) groups is 1. The van der Waals surface area contributed by atoms with Gasteiger partial charge in [0.1, 0.15) is 6.04 Å². The molecule has 0 aliphatic carbocycles. The molecule has 6 heteroatoms. The Morgan fingerprint density at radius 2 is 2.21 bits per heavy atom. The van der Waals surface area contributed by atoms with Crippen LogP contribution in [0, 0.1) is 0 Å². The molecule has 1 atom stereocenters. The van der Waals surface area contributed by atoms with Crippen molar-refractivity contribution in [3.8, 4) is 0 Å². The molecule has 1 aliphatic rings. The van der Waals surface area contributed by atoms with Gasteiger partial charge in [-0.05, 0) is 6.42 Å². The average Bonchev–Trinajstić information content (AvgIpc) is 2.19. The van der Waals surface area contributed by atoms with Gasteiger partial charge in [0.15, 0.2) is 6.29 Å². The molecule has 3 N–H and O–H groups in total. The summed E-state index contributed by atoms with van der Waals surface area (Å²) in [5.74, 6) is 0.0579. The fraction of sp³-hybridized carbons (Fsp3) is 0.875. The maximum absolute atomic E-state index is 10.4. The summed E-state index contributed by atoms with van der Waals surface area (Å²) in [6.07, 6.45) is 0.727. The number of rotatable bonds is 5. The van der Waals surface area contributed by atoms with Crippen molar-refractivity contribution in [2.24, 2.45) is 5.73 Å². The Bertz CT molecular complexity index is 184. The van der Waals surface area contributed by atoms with Gasteiger partial charge in [-0.25, -0.2) is 0 Å². The highest BCUT2D eigenvalue weighted by molar-refractivity contribution is 7.99. The largest absolute Gasteiger partial charge is 0.480 e. The van der Waals surface area contributed by atoms with Gasteiger partial charge < -0.3 is 20.3 Å². The second kappa shape index (κ2) is 6.23. The predicted molar refractivity (Wildman–Crippen MR) is 53.2 cm³/mol. The molecule has 0 radical (unpaired) electrons. The molecule has 0 aromatic carbocycles. The van der Waals surface area contributed by atoms with E-state index in [4.69, 9.17) is 20.3 Å². The van der Waals surface area contributed by atoms with Crippen LogP contribution in [0.2, 0.25) is 0 Å². The average molecular weight is 221 g/mol. The van der Waals surface area contributed by atoms with E-state index >= 15 is 0 Å². The van der Waals surface area contributed by atoms with Crippen molar-refractivity contribution in [1.29, 1.82) is 0 Å². The van der Waals surface area contributed by atoms with E-state index in [9.17, 15) is 4.79 Å². The highest BCUT2D eigenvalue weighted by Crippen LogP contribution is 2.12. The standard InChI is InChI=1S/C8H15NO4S/c9-6(8(10)11)4-14-5-7-12-2-1-3-13-7/h6-7H,1-5,9H2,(H,10,11). The normalized spacial score (nSPS) is 20.6. The molecule has 1 saturated heterocycles. The molecular weight excluding hydrogens is 206 g/mol. The lowest BCUT2D eigenvalue weighted by atomic mass is 10.4. The maximum atomic E-state index is 10.4. The molecule has 1 unspecified atom stereocenters. The van der Waals surface area contributed by atoms with Gasteiger partial charge in [-0.15, -0.1) is 0 Å². The SMILES string of the molecule is NC(CSCC1OCCCO1)C(=O)O. The maximum Gasteiger partial charge on any atom is 0.321 e. The summed E-state index contributed by atoms with van der Waals surface area (Å²) in [7, 11) is 0. The van der Waals surface area contributed by atoms with E-state index in [1.165, 1.54) is 11.8 Å². The molecule has 0 bridgehead atoms. The fourth-order valence-corrected chi connectivity index (χ4v) is 1.91. The van der Waals surface area contributed by atoms with Crippen LogP contribution in [0.25, 0.3) is 0 Å². The quantitative estimate of drug-likeness (QED) is 0.674. The zero-order chi connectivity index (χ0) is 10.4. The number of nitrogens with two attached hydrogens (primary N) is 1. The molecule has 0 spiro atoms. The van der Waals surface area contributed by atoms with Gasteiger partial charge in [0.2, 0.25) is 0 Å². The van der Waals surface area contributed by atoms with E-state index in [2.05, 4.69) is 0 Å². The molecular formula is C8H15NO4S. The minimum Gasteiger partial charge on any atom is -0.480 e. The third-order valence-electron chi connectivity index (χ3n) is 1.76. The summed E-state index contributed by atoms with van der Waals surface area (Å²) in [5, 5.41) is 8.52. The van der Waals surface area contributed by atoms with Crippen LogP contribution in [0.5, 0.6) is 0 Å². The molecule has 0 aromatic heterocycles. The van der Waals surface area contributed by atoms with Gasteiger partial charge >= 0.3 is 5.97 Å². The minimum atomic E-state index is -0.969. The van der Waals surface area contributed by atoms with E-state index in [0.717, 1.165) is 19.6 Å². The van der Waals surface area contributed by atoms with E-state index in [1.54, 1.807) is 0 Å². The lowest BCUT2D eigenvalue weighted by Crippen LogP contribution is -2.34. The van der Waals surface area contributed by atoms with Crippen molar-refractivity contribution in [2.75, 3.05) is 24.7 Å². The Morgan fingerprint density at radius 1 is 1.57 bits per heavy atom. The lowest BCUT2D eigenvalue weighted by Gasteiger charge is -2.22. The Balaban J connectivity index is 2.05. The number of thioether (sulfide) groups is 1. The first kappa shape index (κ1) is 11.8. The van der Waals surface area contributed by atoms with Crippen molar-refractivity contribution in [3.63, 3.8) is 0 Å². The molecule has 1 heterocycles. The highest BCUT2D eigenvalue weighted by atomic mass is 32.2. The predicted octanol–water partition coefficient (Wildman–Crippen LogP) is -0.105. The first-order valence-corrected chi connectivity index (χ1v) is 5.65. The van der Waals surface area contributed by atoms with Crippen LogP contribution < -0.4 is 5.73 Å². The van der Waals surface area contributed by atoms with Crippen LogP contribution in [-0.2, 0) is 14.3 Å². The number of hydrogen-bond donors (Lipinski definition) is 2. The van der Waals surface area contributed by atoms with Gasteiger partial charge in [-0.1, -0.05) is 0 Å². The molecule has 1 aliphatic heterocycles. The zero-order valence-corrected chi connectivity index (χ0v) is 8.66. The summed E-state index contributed by atoms with van der Waals surface area (Å²) in [6, 6.07) is -0.802. The van der Waals surface area contributed by atoms with Gasteiger partial charge in [-0.2, -0.15) is 11.8 Å². The molecule has 0 amide bonds. The summed E-state index contributed by atoms with van der Waals surface area (Å²) in [5.41, 5.74) is 5.33. The van der Waals surface area contributed by atoms with Crippen LogP contribution in [-0.4, -0.2) is 48.1 Å². The Labute approximate surface area is 86.9 Å². The van der Waals surface area contributed by atoms with Crippen LogP contribution in [0.4, 0.5) is 0 Å². The number of aliphatic carboxylic acids is 1. The monoisotopic (exact) mass is 221 g/mol. The van der Waals surface area contributed by atoms with Crippen molar-refractivity contribution in [1.82, 2.24) is 0 Å². The topological polar surface area (TPSA) is 81.8 Å². The molecule has 1 rings (SSSR count). The van der Waals surface area contributed by atoms with Crippen molar-refractivity contribution >= 4 is 17.7 Å². The summed E-state index contributed by atoms with van der Waals surface area (Å²) in [4.78, 5) is 10.4. The van der Waals surface area contributed by atoms with Gasteiger partial charge in [0, 0.05) is 11.5 Å². The van der Waals surface area contributed by atoms with Crippen molar-refractivity contribution in [2.45, 2.75) is 18.8 Å². The van der Waals surface area contributed by atoms with Crippen LogP contribution in [0.3, 0.4) is 0 Å². The van der Waals surface area contributed by atoms with Gasteiger partial charge in [0.05, 0.1) is 13.2 Å². The Kier molecular flexibility index (Phi) is 5.24. The smallest absolute Gasteiger partial charge is 0.321 e. The highest BCUT2D eigenvalue weighted by Gasteiger charge is 2.16. The van der Waals surface area contributed by atoms with E-state index in [0.29, 0.717) is 11.5 Å². The summed E-state index contributed by atoms with van der Waals surface area (Å²) in [6.45, 7) is 1.44. The minimum absolute atomic E-state index is 0.199. The van der Waals surface area contributed by atoms with Crippen LogP contribution in [0.1, 0.15) is 6.42 Å². The molecule has 0 aromatic rings. The molecule has 0 saturated carbocycles. The Hall–Kier alpha value is -0.300. The van der Waals surface area contributed by atoms with E-state index < -0.39 is 12.0 Å². The van der Waals surface area contributed by atoms with Crippen LogP contribution >= 0.6 is 11.8 Å². The first-order valence-electron chi connectivity index (χ1n) is 4.49. The zero-order valence-electron chi connectivity index (χ0n) is 7.85. The van der Waals surface area contributed by atoms with Crippen molar-refractivity contribution in [3.05, 3.63) is 0 Å². The van der Waals surface area contributed by atoms with Crippen LogP contribution in [0.15, 0.2) is 0 Å². The Morgan fingerprint density at radius 3 is 2.79 bits per heavy atom. The number of hydrogen-bond acceptors (Lipinski definition) is 5. The molecule has 82 valence electrons. The van der Waals surface area contributed by atoms with Gasteiger partial charge in [0.25, 0.3) is 0 Å². The van der Waals surface area contributed by atoms with Crippen molar-refractivity contribution < 1.29 is 19.4 Å². The molecule has 1 fully saturated rings. The number of carboxylic acids is 1. The third kappa shape index (κ3) is 4.28. The molecule has 5 nitrogen and oxygen atoms in total.